The molecule has 49 heavy (non-hydrogen) atoms. The Balaban J connectivity index is 1.38. The Bertz CT molecular complexity index is 1750. The smallest absolute Gasteiger partial charge is 0.408 e. The summed E-state index contributed by atoms with van der Waals surface area (Å²) in [6.45, 7) is 5.61. The molecule has 8 nitrogen and oxygen atoms in total. The maximum absolute atomic E-state index is 14.0. The van der Waals surface area contributed by atoms with Gasteiger partial charge < -0.3 is 14.8 Å². The van der Waals surface area contributed by atoms with Gasteiger partial charge in [0.1, 0.15) is 24.0 Å². The molecule has 0 saturated carbocycles. The summed E-state index contributed by atoms with van der Waals surface area (Å²) in [4.78, 5) is 33.5. The Labute approximate surface area is 287 Å². The van der Waals surface area contributed by atoms with E-state index in [9.17, 15) is 9.59 Å². The molecule has 0 heterocycles. The third-order valence-electron chi connectivity index (χ3n) is 7.70. The summed E-state index contributed by atoms with van der Waals surface area (Å²) in [7, 11) is 0. The fraction of sp³-hybridized carbons (Fsp3) is 0.195. The van der Waals surface area contributed by atoms with Crippen LogP contribution in [0.3, 0.4) is 0 Å². The highest BCUT2D eigenvalue weighted by Crippen LogP contribution is 2.39. The number of amides is 2. The zero-order chi connectivity index (χ0) is 34.7. The van der Waals surface area contributed by atoms with Crippen LogP contribution in [0.25, 0.3) is 0 Å². The van der Waals surface area contributed by atoms with E-state index in [1.165, 1.54) is 0 Å². The van der Waals surface area contributed by atoms with Gasteiger partial charge in [-0.05, 0) is 72.9 Å². The molecule has 0 bridgehead atoms. The Morgan fingerprint density at radius 2 is 1.18 bits per heavy atom. The SMILES string of the molecule is CC(C)(C)OC(=O)N[C@@H](Cc1ccc(OCc2ccc(C#N)cc2)cc1)C(=O)NOC(c1ccccc1)(c1ccccc1)c1ccccc1. The second-order valence-electron chi connectivity index (χ2n) is 12.5. The van der Waals surface area contributed by atoms with E-state index < -0.39 is 29.2 Å². The van der Waals surface area contributed by atoms with Crippen LogP contribution in [0.1, 0.15) is 54.2 Å². The largest absolute Gasteiger partial charge is 0.489 e. The molecule has 0 fully saturated rings. The molecule has 0 aliphatic rings. The second kappa shape index (κ2) is 15.8. The number of benzene rings is 5. The molecule has 5 aromatic rings. The number of hydrogen-bond donors (Lipinski definition) is 2. The first-order valence-corrected chi connectivity index (χ1v) is 16.0. The molecule has 248 valence electrons. The average molecular weight is 654 g/mol. The standard InChI is InChI=1S/C41H39N3O5/c1-40(2,3)48-39(46)43-37(27-30-23-25-36(26-24-30)47-29-32-21-19-31(28-42)20-22-32)38(45)44-49-41(33-13-7-4-8-14-33,34-15-9-5-10-16-34)35-17-11-6-12-18-35/h4-26,37H,27,29H2,1-3H3,(H,43,46)(H,44,45)/t37-/m0/s1. The molecule has 8 heteroatoms. The van der Waals surface area contributed by atoms with Gasteiger partial charge in [0.2, 0.25) is 0 Å². The van der Waals surface area contributed by atoms with Crippen molar-refractivity contribution >= 4 is 12.0 Å². The first-order valence-electron chi connectivity index (χ1n) is 16.0. The van der Waals surface area contributed by atoms with Gasteiger partial charge >= 0.3 is 6.09 Å². The van der Waals surface area contributed by atoms with E-state index in [-0.39, 0.29) is 6.42 Å². The fourth-order valence-corrected chi connectivity index (χ4v) is 5.35. The molecule has 0 unspecified atom stereocenters. The van der Waals surface area contributed by atoms with Crippen molar-refractivity contribution in [3.8, 4) is 11.8 Å². The van der Waals surface area contributed by atoms with Gasteiger partial charge in [0, 0.05) is 6.42 Å². The summed E-state index contributed by atoms with van der Waals surface area (Å²) < 4.78 is 11.4. The van der Waals surface area contributed by atoms with Gasteiger partial charge in [-0.25, -0.2) is 10.3 Å². The van der Waals surface area contributed by atoms with Gasteiger partial charge in [0.15, 0.2) is 5.60 Å². The normalized spacial score (nSPS) is 11.9. The highest BCUT2D eigenvalue weighted by atomic mass is 16.7. The molecule has 0 aliphatic heterocycles. The van der Waals surface area contributed by atoms with E-state index in [1.54, 1.807) is 32.9 Å². The number of carbonyl (C=O) groups is 2. The molecular weight excluding hydrogens is 614 g/mol. The maximum Gasteiger partial charge on any atom is 0.408 e. The number of ether oxygens (including phenoxy) is 2. The van der Waals surface area contributed by atoms with Crippen LogP contribution in [-0.2, 0) is 33.0 Å². The molecule has 0 saturated heterocycles. The number of rotatable bonds is 12. The van der Waals surface area contributed by atoms with Crippen LogP contribution < -0.4 is 15.5 Å². The van der Waals surface area contributed by atoms with Crippen LogP contribution in [0, 0.1) is 11.3 Å². The van der Waals surface area contributed by atoms with E-state index in [4.69, 9.17) is 19.6 Å². The van der Waals surface area contributed by atoms with Gasteiger partial charge in [-0.2, -0.15) is 5.26 Å². The third-order valence-corrected chi connectivity index (χ3v) is 7.70. The molecule has 2 amide bonds. The topological polar surface area (TPSA) is 110 Å². The zero-order valence-corrected chi connectivity index (χ0v) is 27.8. The van der Waals surface area contributed by atoms with Gasteiger partial charge in [0.05, 0.1) is 11.6 Å². The number of hydroxylamine groups is 1. The van der Waals surface area contributed by atoms with Crippen molar-refractivity contribution in [2.24, 2.45) is 0 Å². The van der Waals surface area contributed by atoms with Crippen LogP contribution in [0.4, 0.5) is 4.79 Å². The van der Waals surface area contributed by atoms with Crippen LogP contribution in [0.2, 0.25) is 0 Å². The van der Waals surface area contributed by atoms with E-state index >= 15 is 0 Å². The lowest BCUT2D eigenvalue weighted by molar-refractivity contribution is -0.145. The number of nitrogens with one attached hydrogen (secondary N) is 2. The van der Waals surface area contributed by atoms with Gasteiger partial charge in [-0.1, -0.05) is 115 Å². The van der Waals surface area contributed by atoms with E-state index in [0.29, 0.717) is 17.9 Å². The predicted octanol–water partition coefficient (Wildman–Crippen LogP) is 7.61. The summed E-state index contributed by atoms with van der Waals surface area (Å²) in [5, 5.41) is 11.8. The number of nitrogens with zero attached hydrogens (tertiary/aromatic N) is 1. The van der Waals surface area contributed by atoms with E-state index in [1.807, 2.05) is 127 Å². The van der Waals surface area contributed by atoms with Crippen LogP contribution in [0.15, 0.2) is 140 Å². The zero-order valence-electron chi connectivity index (χ0n) is 27.8. The lowest BCUT2D eigenvalue weighted by Gasteiger charge is -2.35. The predicted molar refractivity (Wildman–Crippen MR) is 187 cm³/mol. The van der Waals surface area contributed by atoms with Crippen molar-refractivity contribution < 1.29 is 23.9 Å². The highest BCUT2D eigenvalue weighted by Gasteiger charge is 2.40. The molecule has 2 N–H and O–H groups in total. The number of alkyl carbamates (subject to hydrolysis) is 1. The van der Waals surface area contributed by atoms with Crippen molar-refractivity contribution in [1.82, 2.24) is 10.8 Å². The molecule has 1 atom stereocenters. The first kappa shape index (κ1) is 34.4. The van der Waals surface area contributed by atoms with Gasteiger partial charge in [-0.3, -0.25) is 9.63 Å². The molecule has 0 aromatic heterocycles. The molecule has 0 radical (unpaired) electrons. The summed E-state index contributed by atoms with van der Waals surface area (Å²) in [6, 6.07) is 44.6. The van der Waals surface area contributed by atoms with Gasteiger partial charge in [0.25, 0.3) is 5.91 Å². The Kier molecular flexibility index (Phi) is 11.1. The fourth-order valence-electron chi connectivity index (χ4n) is 5.35. The molecule has 0 spiro atoms. The Hall–Kier alpha value is -5.91. The van der Waals surface area contributed by atoms with Crippen molar-refractivity contribution in [3.63, 3.8) is 0 Å². The van der Waals surface area contributed by atoms with Crippen molar-refractivity contribution in [1.29, 1.82) is 5.26 Å². The Morgan fingerprint density at radius 1 is 0.694 bits per heavy atom. The summed E-state index contributed by atoms with van der Waals surface area (Å²) in [6.07, 6.45) is -0.574. The quantitative estimate of drug-likeness (QED) is 0.106. The number of nitriles is 1. The maximum atomic E-state index is 14.0. The monoisotopic (exact) mass is 653 g/mol. The second-order valence-corrected chi connectivity index (χ2v) is 12.5. The lowest BCUT2D eigenvalue weighted by Crippen LogP contribution is -2.51. The van der Waals surface area contributed by atoms with Crippen LogP contribution >= 0.6 is 0 Å². The van der Waals surface area contributed by atoms with Crippen LogP contribution in [0.5, 0.6) is 5.75 Å². The molecular formula is C41H39N3O5. The minimum absolute atomic E-state index is 0.152. The lowest BCUT2D eigenvalue weighted by atomic mass is 9.80. The highest BCUT2D eigenvalue weighted by molar-refractivity contribution is 5.85. The minimum atomic E-state index is -1.20. The first-order chi connectivity index (χ1) is 23.7. The third kappa shape index (κ3) is 9.13. The van der Waals surface area contributed by atoms with E-state index in [0.717, 1.165) is 27.8 Å². The van der Waals surface area contributed by atoms with Crippen LogP contribution in [-0.4, -0.2) is 23.6 Å². The number of hydrogen-bond acceptors (Lipinski definition) is 6. The summed E-state index contributed by atoms with van der Waals surface area (Å²) >= 11 is 0. The van der Waals surface area contributed by atoms with Crippen molar-refractivity contribution in [2.75, 3.05) is 0 Å². The number of carbonyl (C=O) groups excluding carboxylic acids is 2. The van der Waals surface area contributed by atoms with E-state index in [2.05, 4.69) is 16.9 Å². The molecule has 5 rings (SSSR count). The Morgan fingerprint density at radius 3 is 1.65 bits per heavy atom. The van der Waals surface area contributed by atoms with Gasteiger partial charge in [-0.15, -0.1) is 0 Å². The van der Waals surface area contributed by atoms with Crippen molar-refractivity contribution in [3.05, 3.63) is 173 Å². The average Bonchev–Trinajstić information content (AvgIpc) is 3.12. The summed E-state index contributed by atoms with van der Waals surface area (Å²) in [5.41, 5.74) is 5.46. The van der Waals surface area contributed by atoms with Crippen molar-refractivity contribution in [2.45, 2.75) is 51.0 Å². The molecule has 5 aromatic carbocycles. The summed E-state index contributed by atoms with van der Waals surface area (Å²) in [5.74, 6) is 0.0788. The molecule has 0 aliphatic carbocycles. The minimum Gasteiger partial charge on any atom is -0.489 e.